The highest BCUT2D eigenvalue weighted by atomic mass is 17.2. The van der Waals surface area contributed by atoms with Crippen molar-refractivity contribution in [3.05, 3.63) is 75.3 Å². The van der Waals surface area contributed by atoms with E-state index in [9.17, 15) is 14.9 Å². The Hall–Kier alpha value is -2.77. The number of nitrogens with zero attached hydrogens (tertiary/aromatic N) is 1. The SMILES string of the molecule is CC(C)(C)OOC(=O)c1ccc([N+](=O)[O-])c(CNCCc2ccccc2)c1. The number of hydrogen-bond acceptors (Lipinski definition) is 6. The summed E-state index contributed by atoms with van der Waals surface area (Å²) in [6.45, 7) is 6.17. The molecule has 0 aliphatic carbocycles. The van der Waals surface area contributed by atoms with Crippen molar-refractivity contribution in [3.63, 3.8) is 0 Å². The summed E-state index contributed by atoms with van der Waals surface area (Å²) in [5.74, 6) is -0.689. The van der Waals surface area contributed by atoms with Gasteiger partial charge in [0.2, 0.25) is 0 Å². The Morgan fingerprint density at radius 1 is 1.15 bits per heavy atom. The monoisotopic (exact) mass is 372 g/mol. The van der Waals surface area contributed by atoms with Crippen LogP contribution in [0.3, 0.4) is 0 Å². The molecule has 27 heavy (non-hydrogen) atoms. The van der Waals surface area contributed by atoms with Crippen molar-refractivity contribution in [2.45, 2.75) is 39.3 Å². The minimum absolute atomic E-state index is 0.0458. The van der Waals surface area contributed by atoms with Gasteiger partial charge in [-0.1, -0.05) is 30.3 Å². The molecule has 2 rings (SSSR count). The summed E-state index contributed by atoms with van der Waals surface area (Å²) in [6.07, 6.45) is 0.801. The van der Waals surface area contributed by atoms with Crippen LogP contribution in [0.4, 0.5) is 5.69 Å². The van der Waals surface area contributed by atoms with Crippen LogP contribution in [0.15, 0.2) is 48.5 Å². The van der Waals surface area contributed by atoms with Gasteiger partial charge in [-0.3, -0.25) is 15.0 Å². The first kappa shape index (κ1) is 20.5. The molecule has 0 spiro atoms. The lowest BCUT2D eigenvalue weighted by Gasteiger charge is -2.16. The second-order valence-corrected chi connectivity index (χ2v) is 7.08. The lowest BCUT2D eigenvalue weighted by Crippen LogP contribution is -2.22. The van der Waals surface area contributed by atoms with Crippen molar-refractivity contribution in [1.82, 2.24) is 5.32 Å². The van der Waals surface area contributed by atoms with Crippen molar-refractivity contribution in [2.75, 3.05) is 6.54 Å². The maximum Gasteiger partial charge on any atom is 0.373 e. The van der Waals surface area contributed by atoms with Crippen LogP contribution in [0.25, 0.3) is 0 Å². The maximum atomic E-state index is 12.1. The molecule has 0 atom stereocenters. The Morgan fingerprint density at radius 2 is 1.85 bits per heavy atom. The lowest BCUT2D eigenvalue weighted by molar-refractivity contribution is -0.385. The molecule has 0 amide bonds. The summed E-state index contributed by atoms with van der Waals surface area (Å²) in [4.78, 5) is 32.7. The Balaban J connectivity index is 2.01. The van der Waals surface area contributed by atoms with Crippen LogP contribution in [0.1, 0.15) is 42.3 Å². The number of nitro groups is 1. The fourth-order valence-corrected chi connectivity index (χ4v) is 2.34. The maximum absolute atomic E-state index is 12.1. The van der Waals surface area contributed by atoms with Gasteiger partial charge in [-0.15, -0.1) is 0 Å². The van der Waals surface area contributed by atoms with Crippen LogP contribution in [0, 0.1) is 10.1 Å². The van der Waals surface area contributed by atoms with Gasteiger partial charge in [-0.05, 0) is 51.4 Å². The molecular weight excluding hydrogens is 348 g/mol. The van der Waals surface area contributed by atoms with Crippen LogP contribution < -0.4 is 5.32 Å². The quantitative estimate of drug-likeness (QED) is 0.328. The molecule has 0 fully saturated rings. The number of nitro benzene ring substituents is 1. The highest BCUT2D eigenvalue weighted by molar-refractivity contribution is 5.89. The number of rotatable bonds is 8. The molecule has 0 aliphatic heterocycles. The second-order valence-electron chi connectivity index (χ2n) is 7.08. The van der Waals surface area contributed by atoms with Gasteiger partial charge in [0.25, 0.3) is 5.69 Å². The Morgan fingerprint density at radius 3 is 2.48 bits per heavy atom. The Bertz CT molecular complexity index is 785. The molecule has 0 radical (unpaired) electrons. The van der Waals surface area contributed by atoms with E-state index in [4.69, 9.17) is 9.78 Å². The summed E-state index contributed by atoms with van der Waals surface area (Å²) in [5.41, 5.74) is 1.10. The predicted octanol–water partition coefficient (Wildman–Crippen LogP) is 3.81. The number of carbonyl (C=O) groups is 1. The fraction of sp³-hybridized carbons (Fsp3) is 0.350. The summed E-state index contributed by atoms with van der Waals surface area (Å²) in [7, 11) is 0. The topological polar surface area (TPSA) is 90.7 Å². The van der Waals surface area contributed by atoms with Crippen LogP contribution in [0.5, 0.6) is 0 Å². The second kappa shape index (κ2) is 9.25. The number of hydrogen-bond donors (Lipinski definition) is 1. The Labute approximate surface area is 158 Å². The molecule has 7 nitrogen and oxygen atoms in total. The van der Waals surface area contributed by atoms with E-state index < -0.39 is 16.5 Å². The van der Waals surface area contributed by atoms with Crippen molar-refractivity contribution in [3.8, 4) is 0 Å². The van der Waals surface area contributed by atoms with Gasteiger partial charge in [-0.25, -0.2) is 4.79 Å². The van der Waals surface area contributed by atoms with E-state index in [2.05, 4.69) is 5.32 Å². The first-order valence-electron chi connectivity index (χ1n) is 8.68. The third-order valence-corrected chi connectivity index (χ3v) is 3.63. The van der Waals surface area contributed by atoms with E-state index in [-0.39, 0.29) is 17.8 Å². The minimum atomic E-state index is -0.689. The molecule has 0 heterocycles. The van der Waals surface area contributed by atoms with Gasteiger partial charge in [0, 0.05) is 18.2 Å². The third-order valence-electron chi connectivity index (χ3n) is 3.63. The third kappa shape index (κ3) is 6.80. The van der Waals surface area contributed by atoms with Crippen LogP contribution in [-0.2, 0) is 22.7 Å². The van der Waals surface area contributed by atoms with E-state index in [0.29, 0.717) is 12.1 Å². The summed E-state index contributed by atoms with van der Waals surface area (Å²) < 4.78 is 0. The van der Waals surface area contributed by atoms with Crippen molar-refractivity contribution in [2.24, 2.45) is 0 Å². The van der Waals surface area contributed by atoms with E-state index in [1.807, 2.05) is 30.3 Å². The molecule has 0 aliphatic rings. The smallest absolute Gasteiger partial charge is 0.312 e. The summed E-state index contributed by atoms with van der Waals surface area (Å²) >= 11 is 0. The zero-order valence-electron chi connectivity index (χ0n) is 15.7. The fourth-order valence-electron chi connectivity index (χ4n) is 2.34. The van der Waals surface area contributed by atoms with Crippen molar-refractivity contribution < 1.29 is 19.5 Å². The van der Waals surface area contributed by atoms with E-state index >= 15 is 0 Å². The van der Waals surface area contributed by atoms with Gasteiger partial charge < -0.3 is 5.32 Å². The highest BCUT2D eigenvalue weighted by Crippen LogP contribution is 2.21. The zero-order chi connectivity index (χ0) is 19.9. The van der Waals surface area contributed by atoms with Crippen LogP contribution >= 0.6 is 0 Å². The normalized spacial score (nSPS) is 11.2. The summed E-state index contributed by atoms with van der Waals surface area (Å²) in [5, 5.41) is 14.4. The molecule has 0 aromatic heterocycles. The van der Waals surface area contributed by atoms with E-state index in [1.54, 1.807) is 20.8 Å². The van der Waals surface area contributed by atoms with E-state index in [1.165, 1.54) is 23.8 Å². The minimum Gasteiger partial charge on any atom is -0.312 e. The Kier molecular flexibility index (Phi) is 7.04. The first-order chi connectivity index (χ1) is 12.8. The van der Waals surface area contributed by atoms with Gasteiger partial charge >= 0.3 is 5.97 Å². The molecule has 7 heteroatoms. The van der Waals surface area contributed by atoms with Gasteiger partial charge in [0.05, 0.1) is 10.5 Å². The van der Waals surface area contributed by atoms with Crippen molar-refractivity contribution >= 4 is 11.7 Å². The molecule has 2 aromatic carbocycles. The molecule has 1 N–H and O–H groups in total. The van der Waals surface area contributed by atoms with Gasteiger partial charge in [-0.2, -0.15) is 4.89 Å². The predicted molar refractivity (Wildman–Crippen MR) is 101 cm³/mol. The van der Waals surface area contributed by atoms with E-state index in [0.717, 1.165) is 6.42 Å². The van der Waals surface area contributed by atoms with Crippen LogP contribution in [-0.4, -0.2) is 23.0 Å². The number of benzene rings is 2. The zero-order valence-corrected chi connectivity index (χ0v) is 15.7. The van der Waals surface area contributed by atoms with Crippen LogP contribution in [0.2, 0.25) is 0 Å². The first-order valence-corrected chi connectivity index (χ1v) is 8.68. The highest BCUT2D eigenvalue weighted by Gasteiger charge is 2.20. The summed E-state index contributed by atoms with van der Waals surface area (Å²) in [6, 6.07) is 14.1. The van der Waals surface area contributed by atoms with Gasteiger partial charge in [0.15, 0.2) is 0 Å². The average Bonchev–Trinajstić information content (AvgIpc) is 2.63. The molecular formula is C20H24N2O5. The number of nitrogens with one attached hydrogen (secondary N) is 1. The molecule has 2 aromatic rings. The molecule has 0 bridgehead atoms. The average molecular weight is 372 g/mol. The standard InChI is InChI=1S/C20H24N2O5/c1-20(2,3)27-26-19(23)16-9-10-18(22(24)25)17(13-16)14-21-12-11-15-7-5-4-6-8-15/h4-10,13,21H,11-12,14H2,1-3H3. The van der Waals surface area contributed by atoms with Crippen molar-refractivity contribution in [1.29, 1.82) is 0 Å². The molecule has 144 valence electrons. The lowest BCUT2D eigenvalue weighted by atomic mass is 10.1. The van der Waals surface area contributed by atoms with Gasteiger partial charge in [0.1, 0.15) is 5.60 Å². The largest absolute Gasteiger partial charge is 0.373 e. The number of carbonyl (C=O) groups excluding carboxylic acids is 1. The molecule has 0 saturated heterocycles. The molecule has 0 saturated carbocycles. The molecule has 0 unspecified atom stereocenters.